The molecule has 4 nitrogen and oxygen atoms in total. The monoisotopic (exact) mass is 198 g/mol. The Labute approximate surface area is 84.5 Å². The minimum Gasteiger partial charge on any atom is -0.385 e. The number of nitrogens with zero attached hydrogens (tertiary/aromatic N) is 2. The zero-order valence-corrected chi connectivity index (χ0v) is 8.81. The lowest BCUT2D eigenvalue weighted by Gasteiger charge is -2.11. The molecule has 0 aromatic carbocycles. The van der Waals surface area contributed by atoms with Gasteiger partial charge in [-0.05, 0) is 19.8 Å². The van der Waals surface area contributed by atoms with Crippen LogP contribution in [-0.4, -0.2) is 28.4 Å². The molecule has 0 aliphatic rings. The molecule has 0 radical (unpaired) electrons. The van der Waals surface area contributed by atoms with Gasteiger partial charge in [-0.1, -0.05) is 0 Å². The van der Waals surface area contributed by atoms with E-state index in [1.54, 1.807) is 13.3 Å². The van der Waals surface area contributed by atoms with Crippen LogP contribution in [0.1, 0.15) is 31.7 Å². The van der Waals surface area contributed by atoms with Crippen molar-refractivity contribution in [2.75, 3.05) is 13.7 Å². The Morgan fingerprint density at radius 3 is 3.07 bits per heavy atom. The largest absolute Gasteiger partial charge is 0.385 e. The van der Waals surface area contributed by atoms with E-state index in [1.807, 2.05) is 17.7 Å². The molecule has 0 amide bonds. The van der Waals surface area contributed by atoms with E-state index in [2.05, 4.69) is 4.98 Å². The summed E-state index contributed by atoms with van der Waals surface area (Å²) in [6.07, 6.45) is 4.69. The van der Waals surface area contributed by atoms with Gasteiger partial charge in [0.25, 0.3) is 0 Å². The van der Waals surface area contributed by atoms with Gasteiger partial charge < -0.3 is 14.4 Å². The number of ether oxygens (including phenoxy) is 1. The van der Waals surface area contributed by atoms with Crippen molar-refractivity contribution in [1.82, 2.24) is 9.55 Å². The number of aryl methyl sites for hydroxylation is 1. The Bertz CT molecular complexity index is 260. The molecule has 14 heavy (non-hydrogen) atoms. The molecule has 0 spiro atoms. The van der Waals surface area contributed by atoms with E-state index in [-0.39, 0.29) is 0 Å². The first-order valence-corrected chi connectivity index (χ1v) is 4.97. The Morgan fingerprint density at radius 1 is 1.64 bits per heavy atom. The number of aliphatic hydroxyl groups excluding tert-OH is 1. The molecule has 0 aliphatic heterocycles. The first kappa shape index (κ1) is 11.2. The molecule has 1 N–H and O–H groups in total. The van der Waals surface area contributed by atoms with E-state index in [4.69, 9.17) is 4.74 Å². The molecule has 0 saturated heterocycles. The molecule has 1 rings (SSSR count). The van der Waals surface area contributed by atoms with Gasteiger partial charge in [0, 0.05) is 32.7 Å². The van der Waals surface area contributed by atoms with Crippen LogP contribution < -0.4 is 0 Å². The third kappa shape index (κ3) is 2.82. The molecular weight excluding hydrogens is 180 g/mol. The van der Waals surface area contributed by atoms with Crippen molar-refractivity contribution in [3.8, 4) is 0 Å². The van der Waals surface area contributed by atoms with Crippen LogP contribution in [0.5, 0.6) is 0 Å². The summed E-state index contributed by atoms with van der Waals surface area (Å²) in [5.41, 5.74) is 0. The Morgan fingerprint density at radius 2 is 2.43 bits per heavy atom. The molecule has 0 aliphatic carbocycles. The second-order valence-corrected chi connectivity index (χ2v) is 3.22. The number of imidazole rings is 1. The summed E-state index contributed by atoms with van der Waals surface area (Å²) in [7, 11) is 1.67. The number of hydrogen-bond donors (Lipinski definition) is 1. The molecule has 1 atom stereocenters. The highest BCUT2D eigenvalue weighted by Gasteiger charge is 2.12. The summed E-state index contributed by atoms with van der Waals surface area (Å²) in [6.45, 7) is 3.56. The topological polar surface area (TPSA) is 47.3 Å². The average molecular weight is 198 g/mol. The van der Waals surface area contributed by atoms with E-state index in [0.29, 0.717) is 13.0 Å². The van der Waals surface area contributed by atoms with E-state index < -0.39 is 6.10 Å². The minimum atomic E-state index is -0.472. The van der Waals surface area contributed by atoms with Crippen molar-refractivity contribution in [3.05, 3.63) is 18.2 Å². The molecule has 1 aromatic heterocycles. The summed E-state index contributed by atoms with van der Waals surface area (Å²) < 4.78 is 6.88. The fraction of sp³-hybridized carbons (Fsp3) is 0.700. The Kier molecular flexibility index (Phi) is 4.62. The zero-order chi connectivity index (χ0) is 10.4. The van der Waals surface area contributed by atoms with Crippen LogP contribution in [0.2, 0.25) is 0 Å². The standard InChI is InChI=1S/C10H18N2O2/c1-3-12-7-6-11-10(12)9(13)5-4-8-14-2/h6-7,9,13H,3-5,8H2,1-2H3. The van der Waals surface area contributed by atoms with Gasteiger partial charge in [-0.25, -0.2) is 4.98 Å². The summed E-state index contributed by atoms with van der Waals surface area (Å²) in [5.74, 6) is 0.753. The van der Waals surface area contributed by atoms with Gasteiger partial charge >= 0.3 is 0 Å². The van der Waals surface area contributed by atoms with Crippen LogP contribution in [0.3, 0.4) is 0 Å². The third-order valence-corrected chi connectivity index (χ3v) is 2.21. The summed E-state index contributed by atoms with van der Waals surface area (Å²) in [4.78, 5) is 4.14. The van der Waals surface area contributed by atoms with Crippen LogP contribution in [0.15, 0.2) is 12.4 Å². The lowest BCUT2D eigenvalue weighted by atomic mass is 10.2. The van der Waals surface area contributed by atoms with Gasteiger partial charge in [0.2, 0.25) is 0 Å². The first-order valence-electron chi connectivity index (χ1n) is 4.97. The second kappa shape index (κ2) is 5.78. The van der Waals surface area contributed by atoms with Gasteiger partial charge in [-0.2, -0.15) is 0 Å². The molecule has 1 unspecified atom stereocenters. The van der Waals surface area contributed by atoms with Gasteiger partial charge in [0.15, 0.2) is 0 Å². The lowest BCUT2D eigenvalue weighted by Crippen LogP contribution is -2.08. The molecule has 0 bridgehead atoms. The molecule has 0 fully saturated rings. The smallest absolute Gasteiger partial charge is 0.137 e. The number of aromatic nitrogens is 2. The zero-order valence-electron chi connectivity index (χ0n) is 8.81. The fourth-order valence-electron chi connectivity index (χ4n) is 1.44. The van der Waals surface area contributed by atoms with Crippen molar-refractivity contribution in [2.45, 2.75) is 32.4 Å². The summed E-state index contributed by atoms with van der Waals surface area (Å²) >= 11 is 0. The highest BCUT2D eigenvalue weighted by molar-refractivity contribution is 4.96. The second-order valence-electron chi connectivity index (χ2n) is 3.22. The summed E-state index contributed by atoms with van der Waals surface area (Å²) in [5, 5.41) is 9.81. The number of methoxy groups -OCH3 is 1. The van der Waals surface area contributed by atoms with E-state index in [1.165, 1.54) is 0 Å². The Balaban J connectivity index is 2.47. The van der Waals surface area contributed by atoms with Gasteiger partial charge in [0.1, 0.15) is 11.9 Å². The summed E-state index contributed by atoms with van der Waals surface area (Å²) in [6, 6.07) is 0. The predicted octanol–water partition coefficient (Wildman–Crippen LogP) is 1.36. The maximum atomic E-state index is 9.81. The first-order chi connectivity index (χ1) is 6.79. The van der Waals surface area contributed by atoms with Gasteiger partial charge in [-0.3, -0.25) is 0 Å². The molecule has 4 heteroatoms. The normalized spacial score (nSPS) is 13.1. The predicted molar refractivity (Wildman–Crippen MR) is 54.0 cm³/mol. The van der Waals surface area contributed by atoms with Crippen molar-refractivity contribution in [1.29, 1.82) is 0 Å². The number of aliphatic hydroxyl groups is 1. The van der Waals surface area contributed by atoms with E-state index in [0.717, 1.165) is 18.8 Å². The van der Waals surface area contributed by atoms with E-state index in [9.17, 15) is 5.11 Å². The minimum absolute atomic E-state index is 0.472. The highest BCUT2D eigenvalue weighted by Crippen LogP contribution is 2.16. The van der Waals surface area contributed by atoms with Crippen LogP contribution in [0.25, 0.3) is 0 Å². The molecule has 1 aromatic rings. The maximum Gasteiger partial charge on any atom is 0.137 e. The maximum absolute atomic E-state index is 9.81. The molecule has 0 saturated carbocycles. The quantitative estimate of drug-likeness (QED) is 0.702. The number of hydrogen-bond acceptors (Lipinski definition) is 3. The molecule has 1 heterocycles. The van der Waals surface area contributed by atoms with Crippen LogP contribution in [-0.2, 0) is 11.3 Å². The number of rotatable bonds is 6. The van der Waals surface area contributed by atoms with E-state index >= 15 is 0 Å². The van der Waals surface area contributed by atoms with Crippen molar-refractivity contribution in [2.24, 2.45) is 0 Å². The van der Waals surface area contributed by atoms with Crippen molar-refractivity contribution >= 4 is 0 Å². The Hall–Kier alpha value is -0.870. The lowest BCUT2D eigenvalue weighted by molar-refractivity contribution is 0.127. The van der Waals surface area contributed by atoms with Gasteiger partial charge in [0.05, 0.1) is 0 Å². The van der Waals surface area contributed by atoms with Crippen LogP contribution in [0.4, 0.5) is 0 Å². The fourth-order valence-corrected chi connectivity index (χ4v) is 1.44. The van der Waals surface area contributed by atoms with Crippen LogP contribution >= 0.6 is 0 Å². The average Bonchev–Trinajstić information content (AvgIpc) is 2.65. The molecular formula is C10H18N2O2. The van der Waals surface area contributed by atoms with Crippen LogP contribution in [0, 0.1) is 0 Å². The van der Waals surface area contributed by atoms with Gasteiger partial charge in [-0.15, -0.1) is 0 Å². The highest BCUT2D eigenvalue weighted by atomic mass is 16.5. The van der Waals surface area contributed by atoms with Crippen molar-refractivity contribution < 1.29 is 9.84 Å². The SMILES string of the molecule is CCn1ccnc1C(O)CCCOC. The third-order valence-electron chi connectivity index (χ3n) is 2.21. The molecule has 80 valence electrons. The van der Waals surface area contributed by atoms with Crippen molar-refractivity contribution in [3.63, 3.8) is 0 Å².